The Hall–Kier alpha value is -2.90. The topological polar surface area (TPSA) is 72.1 Å². The normalized spacial score (nSPS) is 21.6. The SMILES string of the molecule is Cn1c(=O)n(CC(C)(C)C)c2ccc(N3CC4CCC3CN4c3ncccn3)nc21. The van der Waals surface area contributed by atoms with Crippen LogP contribution in [0.5, 0.6) is 0 Å². The Kier molecular flexibility index (Phi) is 4.34. The lowest BCUT2D eigenvalue weighted by Gasteiger charge is -2.51. The summed E-state index contributed by atoms with van der Waals surface area (Å²) < 4.78 is 3.53. The van der Waals surface area contributed by atoms with Crippen molar-refractivity contribution in [2.24, 2.45) is 12.5 Å². The molecule has 6 rings (SSSR count). The molecule has 3 fully saturated rings. The van der Waals surface area contributed by atoms with Crippen LogP contribution >= 0.6 is 0 Å². The van der Waals surface area contributed by atoms with E-state index in [0.29, 0.717) is 18.6 Å². The Morgan fingerprint density at radius 1 is 1.03 bits per heavy atom. The molecule has 0 radical (unpaired) electrons. The summed E-state index contributed by atoms with van der Waals surface area (Å²) in [5.41, 5.74) is 1.68. The molecule has 3 aliphatic rings. The second-order valence-electron chi connectivity index (χ2n) is 9.74. The molecule has 8 heteroatoms. The Morgan fingerprint density at radius 3 is 2.33 bits per heavy atom. The van der Waals surface area contributed by atoms with E-state index >= 15 is 0 Å². The molecule has 158 valence electrons. The summed E-state index contributed by atoms with van der Waals surface area (Å²) in [5, 5.41) is 0. The molecular weight excluding hydrogens is 378 g/mol. The predicted molar refractivity (Wildman–Crippen MR) is 118 cm³/mol. The number of hydrogen-bond acceptors (Lipinski definition) is 6. The van der Waals surface area contributed by atoms with Crippen LogP contribution in [-0.2, 0) is 13.6 Å². The zero-order chi connectivity index (χ0) is 21.0. The lowest BCUT2D eigenvalue weighted by molar-refractivity contribution is 0.328. The quantitative estimate of drug-likeness (QED) is 0.664. The number of piperazine rings is 1. The van der Waals surface area contributed by atoms with Gasteiger partial charge >= 0.3 is 5.69 Å². The average Bonchev–Trinajstić information content (AvgIpc) is 2.98. The molecule has 30 heavy (non-hydrogen) atoms. The van der Waals surface area contributed by atoms with E-state index in [1.165, 1.54) is 0 Å². The van der Waals surface area contributed by atoms with Crippen LogP contribution in [0.15, 0.2) is 35.4 Å². The highest BCUT2D eigenvalue weighted by Crippen LogP contribution is 2.34. The van der Waals surface area contributed by atoms with Gasteiger partial charge in [0.05, 0.1) is 5.52 Å². The predicted octanol–water partition coefficient (Wildman–Crippen LogP) is 2.43. The van der Waals surface area contributed by atoms with Crippen LogP contribution in [0.1, 0.15) is 33.6 Å². The summed E-state index contributed by atoms with van der Waals surface area (Å²) in [6.07, 6.45) is 5.89. The molecule has 0 aliphatic carbocycles. The first kappa shape index (κ1) is 19.1. The van der Waals surface area contributed by atoms with Crippen molar-refractivity contribution in [3.05, 3.63) is 41.1 Å². The number of piperidine rings is 2. The minimum absolute atomic E-state index is 0.00265. The smallest absolute Gasteiger partial charge is 0.330 e. The van der Waals surface area contributed by atoms with Crippen molar-refractivity contribution in [3.8, 4) is 0 Å². The van der Waals surface area contributed by atoms with Gasteiger partial charge in [0.15, 0.2) is 5.65 Å². The third-order valence-electron chi connectivity index (χ3n) is 6.23. The van der Waals surface area contributed by atoms with Crippen LogP contribution in [0.4, 0.5) is 11.8 Å². The fraction of sp³-hybridized carbons (Fsp3) is 0.545. The molecular formula is C22H29N7O. The number of aryl methyl sites for hydroxylation is 1. The van der Waals surface area contributed by atoms with Crippen LogP contribution < -0.4 is 15.5 Å². The molecule has 6 heterocycles. The number of aromatic nitrogens is 5. The molecule has 0 spiro atoms. The highest BCUT2D eigenvalue weighted by molar-refractivity contribution is 5.74. The standard InChI is InChI=1S/C22H29N7O/c1-22(2,3)14-29-17-8-9-18(25-19(17)26(4)21(29)30)27-12-16-7-6-15(27)13-28(16)20-23-10-5-11-24-20/h5,8-11,15-16H,6-7,12-14H2,1-4H3. The maximum Gasteiger partial charge on any atom is 0.330 e. The molecule has 0 N–H and O–H groups in total. The number of fused-ring (bicyclic) bond motifs is 4. The van der Waals surface area contributed by atoms with Crippen LogP contribution in [0.2, 0.25) is 0 Å². The first-order valence-electron chi connectivity index (χ1n) is 10.7. The number of imidazole rings is 1. The van der Waals surface area contributed by atoms with Crippen LogP contribution in [0, 0.1) is 5.41 Å². The molecule has 2 atom stereocenters. The van der Waals surface area contributed by atoms with Crippen molar-refractivity contribution in [1.29, 1.82) is 0 Å². The number of hydrogen-bond donors (Lipinski definition) is 0. The van der Waals surface area contributed by atoms with E-state index in [0.717, 1.165) is 48.9 Å². The van der Waals surface area contributed by atoms with Crippen LogP contribution in [0.25, 0.3) is 11.2 Å². The Bertz CT molecular complexity index is 1130. The van der Waals surface area contributed by atoms with Crippen molar-refractivity contribution in [2.45, 2.75) is 52.2 Å². The molecule has 3 saturated heterocycles. The zero-order valence-electron chi connectivity index (χ0n) is 18.1. The summed E-state index contributed by atoms with van der Waals surface area (Å²) in [7, 11) is 1.82. The van der Waals surface area contributed by atoms with E-state index < -0.39 is 0 Å². The van der Waals surface area contributed by atoms with Crippen molar-refractivity contribution in [3.63, 3.8) is 0 Å². The van der Waals surface area contributed by atoms with E-state index in [-0.39, 0.29) is 11.1 Å². The van der Waals surface area contributed by atoms with E-state index in [4.69, 9.17) is 4.98 Å². The Morgan fingerprint density at radius 2 is 1.70 bits per heavy atom. The van der Waals surface area contributed by atoms with Gasteiger partial charge in [-0.15, -0.1) is 0 Å². The molecule has 3 aromatic rings. The minimum atomic E-state index is -0.00265. The van der Waals surface area contributed by atoms with Gasteiger partial charge in [-0.3, -0.25) is 9.13 Å². The van der Waals surface area contributed by atoms with Gasteiger partial charge in [0.25, 0.3) is 0 Å². The van der Waals surface area contributed by atoms with Gasteiger partial charge in [-0.05, 0) is 36.5 Å². The average molecular weight is 408 g/mol. The molecule has 0 amide bonds. The van der Waals surface area contributed by atoms with Gasteiger partial charge < -0.3 is 9.80 Å². The van der Waals surface area contributed by atoms with Gasteiger partial charge in [-0.1, -0.05) is 20.8 Å². The molecule has 0 saturated carbocycles. The van der Waals surface area contributed by atoms with Gasteiger partial charge in [0.1, 0.15) is 5.82 Å². The van der Waals surface area contributed by atoms with E-state index in [1.807, 2.05) is 17.7 Å². The number of anilines is 2. The Labute approximate surface area is 176 Å². The molecule has 0 aromatic carbocycles. The van der Waals surface area contributed by atoms with Crippen LogP contribution in [0.3, 0.4) is 0 Å². The fourth-order valence-corrected chi connectivity index (χ4v) is 4.84. The number of pyridine rings is 1. The van der Waals surface area contributed by atoms with E-state index in [2.05, 4.69) is 52.7 Å². The molecule has 8 nitrogen and oxygen atoms in total. The summed E-state index contributed by atoms with van der Waals surface area (Å²) in [6, 6.07) is 6.74. The second kappa shape index (κ2) is 6.82. The summed E-state index contributed by atoms with van der Waals surface area (Å²) >= 11 is 0. The van der Waals surface area contributed by atoms with Crippen LogP contribution in [-0.4, -0.2) is 49.3 Å². The van der Waals surface area contributed by atoms with Crippen molar-refractivity contribution >= 4 is 22.9 Å². The zero-order valence-corrected chi connectivity index (χ0v) is 18.1. The second-order valence-corrected chi connectivity index (χ2v) is 9.74. The highest BCUT2D eigenvalue weighted by atomic mass is 16.1. The van der Waals surface area contributed by atoms with Gasteiger partial charge in [0, 0.05) is 51.2 Å². The van der Waals surface area contributed by atoms with Crippen molar-refractivity contribution in [1.82, 2.24) is 24.1 Å². The third-order valence-corrected chi connectivity index (χ3v) is 6.23. The number of nitrogens with zero attached hydrogens (tertiary/aromatic N) is 7. The lowest BCUT2D eigenvalue weighted by atomic mass is 9.91. The van der Waals surface area contributed by atoms with E-state index in [1.54, 1.807) is 17.0 Å². The first-order chi connectivity index (χ1) is 14.3. The molecule has 3 aliphatic heterocycles. The van der Waals surface area contributed by atoms with Gasteiger partial charge in [0.2, 0.25) is 5.95 Å². The van der Waals surface area contributed by atoms with Crippen molar-refractivity contribution in [2.75, 3.05) is 22.9 Å². The summed E-state index contributed by atoms with van der Waals surface area (Å²) in [4.78, 5) is 31.4. The Balaban J connectivity index is 1.47. The fourth-order valence-electron chi connectivity index (χ4n) is 4.84. The van der Waals surface area contributed by atoms with E-state index in [9.17, 15) is 4.79 Å². The van der Waals surface area contributed by atoms with Gasteiger partial charge in [-0.25, -0.2) is 19.7 Å². The maximum absolute atomic E-state index is 12.8. The maximum atomic E-state index is 12.8. The molecule has 3 aromatic heterocycles. The summed E-state index contributed by atoms with van der Waals surface area (Å²) in [5.74, 6) is 1.77. The molecule has 2 bridgehead atoms. The molecule has 2 unspecified atom stereocenters. The lowest BCUT2D eigenvalue weighted by Crippen LogP contribution is -2.63. The summed E-state index contributed by atoms with van der Waals surface area (Å²) in [6.45, 7) is 8.91. The monoisotopic (exact) mass is 407 g/mol. The van der Waals surface area contributed by atoms with Gasteiger partial charge in [-0.2, -0.15) is 0 Å². The minimum Gasteiger partial charge on any atom is -0.350 e. The largest absolute Gasteiger partial charge is 0.350 e. The third kappa shape index (κ3) is 3.14. The highest BCUT2D eigenvalue weighted by Gasteiger charge is 2.40. The first-order valence-corrected chi connectivity index (χ1v) is 10.7. The number of rotatable bonds is 3. The van der Waals surface area contributed by atoms with Crippen molar-refractivity contribution < 1.29 is 0 Å².